The van der Waals surface area contributed by atoms with E-state index in [9.17, 15) is 14.4 Å². The molecule has 1 aromatic rings. The zero-order valence-electron chi connectivity index (χ0n) is 13.7. The first-order chi connectivity index (χ1) is 11.5. The third-order valence-electron chi connectivity index (χ3n) is 4.93. The summed E-state index contributed by atoms with van der Waals surface area (Å²) >= 11 is 0. The number of carboxylic acids is 1. The van der Waals surface area contributed by atoms with Crippen molar-refractivity contribution in [1.29, 1.82) is 0 Å². The topological polar surface area (TPSA) is 92.5 Å². The molecule has 130 valence electrons. The quantitative estimate of drug-likeness (QED) is 0.827. The highest BCUT2D eigenvalue weighted by Gasteiger charge is 2.28. The summed E-state index contributed by atoms with van der Waals surface area (Å²) in [7, 11) is 0. The summed E-state index contributed by atoms with van der Waals surface area (Å²) in [5, 5.41) is 13.5. The van der Waals surface area contributed by atoms with E-state index in [1.807, 2.05) is 0 Å². The minimum Gasteiger partial charge on any atom is -0.481 e. The van der Waals surface area contributed by atoms with Gasteiger partial charge in [-0.25, -0.2) is 4.68 Å². The van der Waals surface area contributed by atoms with E-state index in [0.29, 0.717) is 19.4 Å². The van der Waals surface area contributed by atoms with E-state index in [0.717, 1.165) is 43.4 Å². The van der Waals surface area contributed by atoms with Gasteiger partial charge < -0.3 is 10.0 Å². The van der Waals surface area contributed by atoms with E-state index >= 15 is 0 Å². The maximum atomic E-state index is 12.5. The number of fused-ring (bicyclic) bond motifs is 1. The lowest BCUT2D eigenvalue weighted by molar-refractivity contribution is -0.145. The van der Waals surface area contributed by atoms with Crippen molar-refractivity contribution in [3.8, 4) is 0 Å². The lowest BCUT2D eigenvalue weighted by Crippen LogP contribution is -2.45. The number of amides is 1. The molecule has 1 unspecified atom stereocenters. The first-order valence-corrected chi connectivity index (χ1v) is 8.65. The Hall–Kier alpha value is -2.18. The monoisotopic (exact) mass is 333 g/mol. The Balaban J connectivity index is 1.73. The number of carbonyl (C=O) groups excluding carboxylic acids is 1. The van der Waals surface area contributed by atoms with Crippen molar-refractivity contribution in [2.45, 2.75) is 51.5 Å². The Morgan fingerprint density at radius 1 is 1.21 bits per heavy atom. The molecule has 1 aliphatic heterocycles. The minimum absolute atomic E-state index is 0.113. The van der Waals surface area contributed by atoms with Crippen molar-refractivity contribution in [2.24, 2.45) is 5.92 Å². The fourth-order valence-corrected chi connectivity index (χ4v) is 3.52. The number of rotatable bonds is 3. The van der Waals surface area contributed by atoms with Crippen molar-refractivity contribution in [3.63, 3.8) is 0 Å². The first kappa shape index (κ1) is 16.7. The molecule has 1 aromatic heterocycles. The molecule has 24 heavy (non-hydrogen) atoms. The molecule has 7 nitrogen and oxygen atoms in total. The summed E-state index contributed by atoms with van der Waals surface area (Å²) in [5.41, 5.74) is 1.67. The lowest BCUT2D eigenvalue weighted by atomic mass is 9.98. The van der Waals surface area contributed by atoms with Crippen LogP contribution >= 0.6 is 0 Å². The number of aliphatic carboxylic acids is 1. The summed E-state index contributed by atoms with van der Waals surface area (Å²) in [4.78, 5) is 37.4. The molecule has 3 rings (SSSR count). The molecule has 0 bridgehead atoms. The Labute approximate surface area is 140 Å². The van der Waals surface area contributed by atoms with Crippen LogP contribution in [-0.4, -0.2) is 44.8 Å². The van der Waals surface area contributed by atoms with Gasteiger partial charge in [0.25, 0.3) is 5.56 Å². The van der Waals surface area contributed by atoms with Crippen molar-refractivity contribution in [3.05, 3.63) is 27.7 Å². The third kappa shape index (κ3) is 3.66. The van der Waals surface area contributed by atoms with Crippen LogP contribution in [0.2, 0.25) is 0 Å². The van der Waals surface area contributed by atoms with Crippen molar-refractivity contribution < 1.29 is 14.7 Å². The van der Waals surface area contributed by atoms with Crippen LogP contribution in [0, 0.1) is 5.92 Å². The van der Waals surface area contributed by atoms with Gasteiger partial charge in [-0.2, -0.15) is 5.10 Å². The molecule has 1 atom stereocenters. The fraction of sp³-hybridized carbons (Fsp3) is 0.647. The standard InChI is InChI=1S/C17H23N3O4/c21-15-9-12-5-2-1-3-7-14(12)18-20(15)11-16(22)19-8-4-6-13(10-19)17(23)24/h9,13H,1-8,10-11H2,(H,23,24). The average molecular weight is 333 g/mol. The van der Waals surface area contributed by atoms with E-state index in [4.69, 9.17) is 5.11 Å². The number of hydrogen-bond acceptors (Lipinski definition) is 4. The molecule has 7 heteroatoms. The van der Waals surface area contributed by atoms with E-state index in [1.165, 1.54) is 4.68 Å². The van der Waals surface area contributed by atoms with E-state index < -0.39 is 11.9 Å². The van der Waals surface area contributed by atoms with Crippen LogP contribution in [-0.2, 0) is 29.0 Å². The Kier molecular flexibility index (Phi) is 4.97. The largest absolute Gasteiger partial charge is 0.481 e. The average Bonchev–Trinajstić information content (AvgIpc) is 2.80. The van der Waals surface area contributed by atoms with Gasteiger partial charge in [0.05, 0.1) is 11.6 Å². The molecule has 0 saturated carbocycles. The van der Waals surface area contributed by atoms with Crippen molar-refractivity contribution in [2.75, 3.05) is 13.1 Å². The van der Waals surface area contributed by atoms with Crippen LogP contribution in [0.4, 0.5) is 0 Å². The summed E-state index contributed by atoms with van der Waals surface area (Å²) in [6, 6.07) is 1.61. The van der Waals surface area contributed by atoms with Crippen LogP contribution in [0.25, 0.3) is 0 Å². The molecule has 1 fully saturated rings. The number of aryl methyl sites for hydroxylation is 2. The molecule has 0 aromatic carbocycles. The second kappa shape index (κ2) is 7.15. The molecule has 1 N–H and O–H groups in total. The van der Waals surface area contributed by atoms with Crippen LogP contribution in [0.3, 0.4) is 0 Å². The minimum atomic E-state index is -0.868. The SMILES string of the molecule is O=C(O)C1CCCN(C(=O)Cn2nc3c(cc2=O)CCCCC3)C1. The van der Waals surface area contributed by atoms with Gasteiger partial charge in [0.15, 0.2) is 0 Å². The maximum Gasteiger partial charge on any atom is 0.308 e. The van der Waals surface area contributed by atoms with Crippen molar-refractivity contribution in [1.82, 2.24) is 14.7 Å². The fourth-order valence-electron chi connectivity index (χ4n) is 3.52. The number of likely N-dealkylation sites (tertiary alicyclic amines) is 1. The number of carboxylic acid groups (broad SMARTS) is 1. The first-order valence-electron chi connectivity index (χ1n) is 8.65. The molecule has 2 aliphatic rings. The van der Waals surface area contributed by atoms with Crippen LogP contribution in [0.15, 0.2) is 10.9 Å². The summed E-state index contributed by atoms with van der Waals surface area (Å²) < 4.78 is 1.23. The number of hydrogen-bond donors (Lipinski definition) is 1. The highest BCUT2D eigenvalue weighted by atomic mass is 16.4. The molecular formula is C17H23N3O4. The van der Waals surface area contributed by atoms with Gasteiger partial charge in [-0.3, -0.25) is 14.4 Å². The number of carbonyl (C=O) groups is 2. The van der Waals surface area contributed by atoms with Crippen molar-refractivity contribution >= 4 is 11.9 Å². The second-order valence-electron chi connectivity index (χ2n) is 6.69. The summed E-state index contributed by atoms with van der Waals surface area (Å²) in [6.45, 7) is 0.647. The molecule has 2 heterocycles. The normalized spacial score (nSPS) is 21.0. The highest BCUT2D eigenvalue weighted by molar-refractivity contribution is 5.77. The Morgan fingerprint density at radius 3 is 2.79 bits per heavy atom. The molecule has 1 amide bonds. The predicted octanol–water partition coefficient (Wildman–Crippen LogP) is 0.835. The Morgan fingerprint density at radius 2 is 2.00 bits per heavy atom. The maximum absolute atomic E-state index is 12.5. The van der Waals surface area contributed by atoms with E-state index in [1.54, 1.807) is 11.0 Å². The molecule has 0 radical (unpaired) electrons. The smallest absolute Gasteiger partial charge is 0.308 e. The molecule has 1 saturated heterocycles. The van der Waals surface area contributed by atoms with Gasteiger partial charge in [0.2, 0.25) is 5.91 Å². The summed E-state index contributed by atoms with van der Waals surface area (Å²) in [5.74, 6) is -1.61. The molecule has 1 aliphatic carbocycles. The second-order valence-corrected chi connectivity index (χ2v) is 6.69. The lowest BCUT2D eigenvalue weighted by Gasteiger charge is -2.30. The van der Waals surface area contributed by atoms with E-state index in [2.05, 4.69) is 5.10 Å². The molecule has 0 spiro atoms. The van der Waals surface area contributed by atoms with Gasteiger partial charge in [0.1, 0.15) is 6.54 Å². The predicted molar refractivity (Wildman–Crippen MR) is 86.7 cm³/mol. The van der Waals surface area contributed by atoms with Gasteiger partial charge >= 0.3 is 5.97 Å². The third-order valence-corrected chi connectivity index (χ3v) is 4.93. The van der Waals surface area contributed by atoms with E-state index in [-0.39, 0.29) is 24.6 Å². The Bertz CT molecular complexity index is 698. The van der Waals surface area contributed by atoms with Crippen LogP contribution in [0.5, 0.6) is 0 Å². The van der Waals surface area contributed by atoms with Gasteiger partial charge in [-0.15, -0.1) is 0 Å². The number of nitrogens with zero attached hydrogens (tertiary/aromatic N) is 3. The number of piperidine rings is 1. The molecular weight excluding hydrogens is 310 g/mol. The zero-order chi connectivity index (χ0) is 17.1. The van der Waals surface area contributed by atoms with Gasteiger partial charge in [-0.05, 0) is 44.1 Å². The summed E-state index contributed by atoms with van der Waals surface area (Å²) in [6.07, 6.45) is 6.24. The van der Waals surface area contributed by atoms with Crippen LogP contribution < -0.4 is 5.56 Å². The van der Waals surface area contributed by atoms with Crippen LogP contribution in [0.1, 0.15) is 43.4 Å². The van der Waals surface area contributed by atoms with Gasteiger partial charge in [0, 0.05) is 19.2 Å². The zero-order valence-corrected chi connectivity index (χ0v) is 13.7. The van der Waals surface area contributed by atoms with Gasteiger partial charge in [-0.1, -0.05) is 6.42 Å². The number of aromatic nitrogens is 2. The highest BCUT2D eigenvalue weighted by Crippen LogP contribution is 2.18.